The van der Waals surface area contributed by atoms with Gasteiger partial charge >= 0.3 is 0 Å². The Morgan fingerprint density at radius 2 is 0.375 bits per heavy atom. The van der Waals surface area contributed by atoms with Crippen LogP contribution >= 0.6 is 0 Å². The second kappa shape index (κ2) is 40.3. The van der Waals surface area contributed by atoms with Crippen molar-refractivity contribution in [3.8, 4) is 92.0 Å². The van der Waals surface area contributed by atoms with Gasteiger partial charge in [-0.05, 0) is 75.6 Å². The Morgan fingerprint density at radius 1 is 0.228 bits per heavy atom. The third-order valence-electron chi connectivity index (χ3n) is 25.4. The normalized spacial score (nSPS) is 14.7. The van der Waals surface area contributed by atoms with Crippen LogP contribution in [0.5, 0.6) is 92.0 Å². The number of aromatic nitrogens is 8. The minimum Gasteiger partial charge on any atom is -0.453 e. The fraction of sp³-hybridized carbons (Fsp3) is 0.346. The lowest BCUT2D eigenvalue weighted by Crippen LogP contribution is -2.31. The Labute approximate surface area is 788 Å². The third kappa shape index (κ3) is 20.3. The maximum atomic E-state index is 14.1. The average molecular weight is 1850 g/mol. The summed E-state index contributed by atoms with van der Waals surface area (Å²) in [5.74, 6) is -2.66. The first kappa shape index (κ1) is 92.6. The van der Waals surface area contributed by atoms with Crippen molar-refractivity contribution in [3.63, 3.8) is 0 Å². The molecule has 0 atom stereocenters. The first-order valence-electron chi connectivity index (χ1n) is 47.1. The summed E-state index contributed by atoms with van der Waals surface area (Å²) in [6, 6.07) is 29.4. The fourth-order valence-corrected chi connectivity index (χ4v) is 18.2. The lowest BCUT2D eigenvalue weighted by Gasteiger charge is -2.30. The molecule has 136 heavy (non-hydrogen) atoms. The molecule has 0 saturated heterocycles. The van der Waals surface area contributed by atoms with Gasteiger partial charge < -0.3 is 80.4 Å². The highest BCUT2D eigenvalue weighted by Gasteiger charge is 2.41. The summed E-state index contributed by atoms with van der Waals surface area (Å²) in [7, 11) is 7.92. The number of rotatable bonds is 32. The van der Waals surface area contributed by atoms with Crippen LogP contribution in [0.3, 0.4) is 0 Å². The number of benzene rings is 8. The van der Waals surface area contributed by atoms with Crippen LogP contribution in [0.25, 0.3) is 0 Å². The molecule has 32 heteroatoms. The first-order valence-corrected chi connectivity index (χ1v) is 47.1. The van der Waals surface area contributed by atoms with Crippen molar-refractivity contribution < 1.29 is 94.5 Å². The molecule has 0 radical (unpaired) electrons. The van der Waals surface area contributed by atoms with Gasteiger partial charge in [-0.1, -0.05) is 55.4 Å². The van der Waals surface area contributed by atoms with Gasteiger partial charge in [0.2, 0.25) is 72.6 Å². The Hall–Kier alpha value is -15.2. The topological polar surface area (TPSA) is 342 Å². The molecule has 4 aromatic heterocycles. The van der Waals surface area contributed by atoms with E-state index < -0.39 is 23.7 Å². The van der Waals surface area contributed by atoms with Crippen molar-refractivity contribution in [2.75, 3.05) is 42.5 Å². The van der Waals surface area contributed by atoms with E-state index in [4.69, 9.17) is 37.9 Å². The fourth-order valence-electron chi connectivity index (χ4n) is 18.2. The second-order valence-electron chi connectivity index (χ2n) is 35.2. The number of ether oxygens (including phenoxy) is 8. The molecular formula is C104H116N16O16+4. The second-order valence-corrected chi connectivity index (χ2v) is 35.2. The van der Waals surface area contributed by atoms with Crippen molar-refractivity contribution in [1.29, 1.82) is 0 Å². The number of imidazole rings is 4. The number of amides is 8. The maximum Gasteiger partial charge on any atom is 0.243 e. The van der Waals surface area contributed by atoms with Crippen molar-refractivity contribution >= 4 is 92.8 Å². The van der Waals surface area contributed by atoms with Gasteiger partial charge in [-0.3, -0.25) is 38.4 Å². The van der Waals surface area contributed by atoms with E-state index in [1.54, 1.807) is 104 Å². The van der Waals surface area contributed by atoms with Crippen LogP contribution < -0.4 is 98.7 Å². The molecule has 32 nitrogen and oxygen atoms in total. The van der Waals surface area contributed by atoms with E-state index in [9.17, 15) is 38.4 Å². The standard InChI is InChI=1S/C104H112N16O16/c1-13-97(121)105-73-45-89-90(46-74(73)106-98(122)14-2)130-82-54-84-68-42-66(82)61(25-21-29-117-37-33-113(9)57-117)65-41-67-62(26-22-30-118-38-34-114(10)58-118)69-43-71-64(28-24-32-120-40-36-116(12)60-120)72-44-70(63(68)27-23-31-119-39-35-115(11)59-119)86(134-94-50-78(110-102(126)18-6)77(49-93(94)132-84)109-101(125)17-5)56-88(72)136-96-52-80(112-104(128)20-8)79(111-103(127)19-7)51-95(96)135-87(71)55-85(69)133-92-48-76(108-100(124)16-4)75(107-99(123)15-3)47-91(92)131-83(67)53-81(65)129-89/h33-64H,13-32H2,1-12H3,(H4-4,105,106,107,108,109,110,111,112,121,122,123,124,125,126,127,128)/p+4. The largest absolute Gasteiger partial charge is 0.453 e. The predicted octanol–water partition coefficient (Wildman–Crippen LogP) is 19.3. The van der Waals surface area contributed by atoms with Crippen LogP contribution in [0.4, 0.5) is 45.5 Å². The summed E-state index contributed by atoms with van der Waals surface area (Å²) in [5.41, 5.74) is 6.99. The lowest BCUT2D eigenvalue weighted by atomic mass is 9.76. The monoisotopic (exact) mass is 1840 g/mol. The number of aryl methyl sites for hydroxylation is 8. The van der Waals surface area contributed by atoms with Crippen molar-refractivity contribution in [1.82, 2.24) is 18.3 Å². The quantitative estimate of drug-likeness (QED) is 0.0182. The zero-order chi connectivity index (χ0) is 95.3. The molecule has 17 rings (SSSR count). The number of anilines is 8. The summed E-state index contributed by atoms with van der Waals surface area (Å²) in [6.07, 6.45) is 28.7. The van der Waals surface area contributed by atoms with E-state index in [2.05, 4.69) is 85.1 Å². The van der Waals surface area contributed by atoms with Crippen LogP contribution in [0.15, 0.2) is 172 Å². The summed E-state index contributed by atoms with van der Waals surface area (Å²) in [6.45, 7) is 16.0. The average Bonchev–Trinajstić information content (AvgIpc) is 1.67. The summed E-state index contributed by atoms with van der Waals surface area (Å²) >= 11 is 0. The summed E-state index contributed by atoms with van der Waals surface area (Å²) < 4.78 is 78.6. The van der Waals surface area contributed by atoms with E-state index >= 15 is 0 Å². The summed E-state index contributed by atoms with van der Waals surface area (Å²) in [4.78, 5) is 112. The first-order chi connectivity index (χ1) is 65.8. The van der Waals surface area contributed by atoms with Crippen molar-refractivity contribution in [3.05, 3.63) is 216 Å². The molecular weight excluding hydrogens is 1730 g/mol. The van der Waals surface area contributed by atoms with Gasteiger partial charge in [-0.15, -0.1) is 0 Å². The summed E-state index contributed by atoms with van der Waals surface area (Å²) in [5, 5.41) is 24.5. The zero-order valence-electron chi connectivity index (χ0n) is 78.7. The van der Waals surface area contributed by atoms with E-state index in [1.807, 2.05) is 146 Å². The highest BCUT2D eigenvalue weighted by Crippen LogP contribution is 2.61. The van der Waals surface area contributed by atoms with Crippen LogP contribution in [0.1, 0.15) is 226 Å². The van der Waals surface area contributed by atoms with E-state index in [0.717, 1.165) is 0 Å². The molecule has 8 aromatic carbocycles. The van der Waals surface area contributed by atoms with Gasteiger partial charge in [0, 0.05) is 192 Å². The van der Waals surface area contributed by atoms with Crippen LogP contribution in [-0.2, 0) is 92.7 Å². The molecule has 0 unspecified atom stereocenters. The maximum absolute atomic E-state index is 14.1. The molecule has 8 N–H and O–H groups in total. The van der Waals surface area contributed by atoms with Crippen molar-refractivity contribution in [2.45, 2.75) is 208 Å². The van der Waals surface area contributed by atoms with E-state index in [1.165, 1.54) is 0 Å². The smallest absolute Gasteiger partial charge is 0.243 e. The number of nitrogens with one attached hydrogen (secondary N) is 8. The van der Waals surface area contributed by atoms with E-state index in [-0.39, 0.29) is 190 Å². The van der Waals surface area contributed by atoms with E-state index in [0.29, 0.717) is 168 Å². The number of fused-ring (bicyclic) bond motifs is 4. The Kier molecular flexibility index (Phi) is 27.4. The predicted molar refractivity (Wildman–Crippen MR) is 510 cm³/mol. The van der Waals surface area contributed by atoms with Gasteiger partial charge in [0.15, 0.2) is 46.0 Å². The van der Waals surface area contributed by atoms with Crippen LogP contribution in [0.2, 0.25) is 0 Å². The Balaban J connectivity index is 1.07. The molecule has 1 aliphatic carbocycles. The molecule has 8 heterocycles. The van der Waals surface area contributed by atoms with Gasteiger partial charge in [-0.25, -0.2) is 36.5 Å². The van der Waals surface area contributed by atoms with Crippen molar-refractivity contribution in [2.24, 2.45) is 28.2 Å². The van der Waals surface area contributed by atoms with Gasteiger partial charge in [0.1, 0.15) is 95.6 Å². The number of nitrogens with zero attached hydrogens (tertiary/aromatic N) is 8. The zero-order valence-corrected chi connectivity index (χ0v) is 78.7. The molecule has 4 aliphatic heterocycles. The molecule has 12 aromatic rings. The molecule has 0 saturated carbocycles. The molecule has 0 fully saturated rings. The number of hydrogen-bond acceptors (Lipinski definition) is 16. The Bertz CT molecular complexity index is 5630. The van der Waals surface area contributed by atoms with Crippen LogP contribution in [-0.4, -0.2) is 65.5 Å². The molecule has 5 aliphatic rings. The highest BCUT2D eigenvalue weighted by atomic mass is 16.5. The van der Waals surface area contributed by atoms with Crippen LogP contribution in [0, 0.1) is 0 Å². The third-order valence-corrected chi connectivity index (χ3v) is 25.4. The molecule has 0 spiro atoms. The lowest BCUT2D eigenvalue weighted by molar-refractivity contribution is -0.697. The minimum atomic E-state index is -0.727. The highest BCUT2D eigenvalue weighted by molar-refractivity contribution is 6.04. The Morgan fingerprint density at radius 3 is 0.500 bits per heavy atom. The number of carbonyl (C=O) groups is 8. The van der Waals surface area contributed by atoms with Gasteiger partial charge in [-0.2, -0.15) is 0 Å². The number of carbonyl (C=O) groups excluding carboxylic acids is 8. The SMILES string of the molecule is CCC(=O)Nc1cc2c(cc1NC(=O)CC)Oc1cc3c4cc1C(CCC[n+]1ccn(C)c1)c1cc5c(cc1O2)Oc1cc(NC(=O)CC)c(NC(=O)CC)cc1Oc1cc2c(cc1C5CCC[n+]1ccn(C)c1)C(CCC[n+]1ccn(C)c1)c1cc(c(cc1Oc1cc(NC(=O)CC)c(NC(=O)CC)cc1O2)Oc1cc(NC(=O)CC)c(NC(=O)CC)cc1O3)C4CCC[n+]1ccn(C)c1. The molecule has 8 amide bonds. The number of hydrogen-bond donors (Lipinski definition) is 8. The van der Waals surface area contributed by atoms with Gasteiger partial charge in [0.25, 0.3) is 0 Å². The molecule has 704 valence electrons. The van der Waals surface area contributed by atoms with Gasteiger partial charge in [0.05, 0.1) is 99.9 Å². The molecule has 8 bridgehead atoms. The minimum absolute atomic E-state index is 0.0714.